The normalized spacial score (nSPS) is 19.1. The molecule has 1 atom stereocenters. The lowest BCUT2D eigenvalue weighted by atomic mass is 10.1. The number of hydrogen-bond acceptors (Lipinski definition) is 4. The van der Waals surface area contributed by atoms with Gasteiger partial charge in [0, 0.05) is 17.3 Å². The summed E-state index contributed by atoms with van der Waals surface area (Å²) in [4.78, 5) is 1.29. The fourth-order valence-electron chi connectivity index (χ4n) is 1.78. The zero-order chi connectivity index (χ0) is 11.4. The third-order valence-corrected chi connectivity index (χ3v) is 3.91. The first kappa shape index (κ1) is 12.3. The Morgan fingerprint density at radius 1 is 1.50 bits per heavy atom. The van der Waals surface area contributed by atoms with Crippen molar-refractivity contribution in [1.29, 1.82) is 0 Å². The number of hydrogen-bond donors (Lipinski definition) is 1. The standard InChI is InChI=1S/C11H16ClNO2S/c1-13-8(7-11-14-4-5-15-11)6-9-2-3-10(12)16-9/h2-3,8,11,13H,4-7H2,1H3. The van der Waals surface area contributed by atoms with Crippen molar-refractivity contribution in [3.05, 3.63) is 21.3 Å². The Kier molecular flexibility index (Phi) is 4.61. The van der Waals surface area contributed by atoms with Crippen LogP contribution in [-0.2, 0) is 15.9 Å². The SMILES string of the molecule is CNC(Cc1ccc(Cl)s1)CC1OCCO1. The molecule has 90 valence electrons. The molecule has 1 aromatic rings. The van der Waals surface area contributed by atoms with Gasteiger partial charge in [-0.1, -0.05) is 11.6 Å². The summed E-state index contributed by atoms with van der Waals surface area (Å²) >= 11 is 7.54. The summed E-state index contributed by atoms with van der Waals surface area (Å²) in [6, 6.07) is 4.39. The summed E-state index contributed by atoms with van der Waals surface area (Å²) < 4.78 is 11.7. The van der Waals surface area contributed by atoms with E-state index in [-0.39, 0.29) is 6.29 Å². The quantitative estimate of drug-likeness (QED) is 0.882. The molecule has 0 spiro atoms. The highest BCUT2D eigenvalue weighted by Gasteiger charge is 2.21. The van der Waals surface area contributed by atoms with Crippen LogP contribution in [0, 0.1) is 0 Å². The summed E-state index contributed by atoms with van der Waals surface area (Å²) in [7, 11) is 1.97. The van der Waals surface area contributed by atoms with Gasteiger partial charge < -0.3 is 14.8 Å². The van der Waals surface area contributed by atoms with Crippen molar-refractivity contribution < 1.29 is 9.47 Å². The number of nitrogens with one attached hydrogen (secondary N) is 1. The lowest BCUT2D eigenvalue weighted by Gasteiger charge is -2.18. The average Bonchev–Trinajstić information content (AvgIpc) is 2.89. The maximum Gasteiger partial charge on any atom is 0.159 e. The number of halogens is 1. The Hall–Kier alpha value is -0.130. The highest BCUT2D eigenvalue weighted by molar-refractivity contribution is 7.16. The molecule has 1 unspecified atom stereocenters. The number of ether oxygens (including phenoxy) is 2. The zero-order valence-electron chi connectivity index (χ0n) is 9.24. The Morgan fingerprint density at radius 2 is 2.25 bits per heavy atom. The minimum absolute atomic E-state index is 0.0483. The molecular weight excluding hydrogens is 246 g/mol. The summed E-state index contributed by atoms with van der Waals surface area (Å²) in [5.41, 5.74) is 0. The molecule has 5 heteroatoms. The van der Waals surface area contributed by atoms with Crippen LogP contribution in [0.15, 0.2) is 12.1 Å². The Bertz CT molecular complexity index is 326. The molecule has 0 radical (unpaired) electrons. The van der Waals surface area contributed by atoms with Crippen molar-refractivity contribution in [3.63, 3.8) is 0 Å². The van der Waals surface area contributed by atoms with Crippen molar-refractivity contribution in [2.45, 2.75) is 25.2 Å². The van der Waals surface area contributed by atoms with Crippen LogP contribution in [0.2, 0.25) is 4.34 Å². The smallest absolute Gasteiger partial charge is 0.159 e. The van der Waals surface area contributed by atoms with Gasteiger partial charge in [-0.05, 0) is 25.6 Å². The minimum Gasteiger partial charge on any atom is -0.350 e. The molecule has 1 aromatic heterocycles. The maximum absolute atomic E-state index is 5.91. The summed E-state index contributed by atoms with van der Waals surface area (Å²) in [5.74, 6) is 0. The van der Waals surface area contributed by atoms with Crippen molar-refractivity contribution in [1.82, 2.24) is 5.32 Å². The second-order valence-electron chi connectivity index (χ2n) is 3.80. The lowest BCUT2D eigenvalue weighted by Crippen LogP contribution is -2.31. The predicted octanol–water partition coefficient (Wildman–Crippen LogP) is 2.29. The summed E-state index contributed by atoms with van der Waals surface area (Å²) in [5, 5.41) is 3.29. The van der Waals surface area contributed by atoms with Gasteiger partial charge in [-0.3, -0.25) is 0 Å². The molecular formula is C11H16ClNO2S. The van der Waals surface area contributed by atoms with Crippen LogP contribution in [0.25, 0.3) is 0 Å². The summed E-state index contributed by atoms with van der Waals surface area (Å²) in [6.45, 7) is 1.43. The fraction of sp³-hybridized carbons (Fsp3) is 0.636. The van der Waals surface area contributed by atoms with Crippen LogP contribution in [0.4, 0.5) is 0 Å². The van der Waals surface area contributed by atoms with Crippen LogP contribution in [0.5, 0.6) is 0 Å². The van der Waals surface area contributed by atoms with E-state index in [1.165, 1.54) is 4.88 Å². The Labute approximate surface area is 105 Å². The van der Waals surface area contributed by atoms with E-state index in [1.807, 2.05) is 13.1 Å². The topological polar surface area (TPSA) is 30.5 Å². The maximum atomic E-state index is 5.91. The van der Waals surface area contributed by atoms with Gasteiger partial charge in [0.15, 0.2) is 6.29 Å². The van der Waals surface area contributed by atoms with E-state index < -0.39 is 0 Å². The molecule has 3 nitrogen and oxygen atoms in total. The zero-order valence-corrected chi connectivity index (χ0v) is 10.8. The van der Waals surface area contributed by atoms with E-state index in [0.717, 1.165) is 17.2 Å². The van der Waals surface area contributed by atoms with Gasteiger partial charge in [0.05, 0.1) is 17.6 Å². The van der Waals surface area contributed by atoms with Crippen molar-refractivity contribution in [2.24, 2.45) is 0 Å². The van der Waals surface area contributed by atoms with Gasteiger partial charge in [-0.15, -0.1) is 11.3 Å². The highest BCUT2D eigenvalue weighted by Crippen LogP contribution is 2.23. The Balaban J connectivity index is 1.84. The largest absolute Gasteiger partial charge is 0.350 e. The average molecular weight is 262 g/mol. The van der Waals surface area contributed by atoms with Crippen LogP contribution < -0.4 is 5.32 Å². The highest BCUT2D eigenvalue weighted by atomic mass is 35.5. The molecule has 0 aromatic carbocycles. The molecule has 1 aliphatic rings. The van der Waals surface area contributed by atoms with Crippen LogP contribution in [0.1, 0.15) is 11.3 Å². The van der Waals surface area contributed by atoms with E-state index in [4.69, 9.17) is 21.1 Å². The number of likely N-dealkylation sites (N-methyl/N-ethyl adjacent to an activating group) is 1. The van der Waals surface area contributed by atoms with Gasteiger partial charge >= 0.3 is 0 Å². The molecule has 0 amide bonds. The van der Waals surface area contributed by atoms with E-state index >= 15 is 0 Å². The number of rotatable bonds is 5. The van der Waals surface area contributed by atoms with E-state index in [2.05, 4.69) is 11.4 Å². The summed E-state index contributed by atoms with van der Waals surface area (Å²) in [6.07, 6.45) is 1.80. The first-order chi connectivity index (χ1) is 7.78. The van der Waals surface area contributed by atoms with Crippen molar-refractivity contribution >= 4 is 22.9 Å². The molecule has 1 fully saturated rings. The second kappa shape index (κ2) is 5.98. The van der Waals surface area contributed by atoms with Gasteiger partial charge in [0.2, 0.25) is 0 Å². The van der Waals surface area contributed by atoms with Crippen LogP contribution in [-0.4, -0.2) is 32.6 Å². The third-order valence-electron chi connectivity index (χ3n) is 2.65. The van der Waals surface area contributed by atoms with E-state index in [1.54, 1.807) is 11.3 Å². The molecule has 1 saturated heterocycles. The lowest BCUT2D eigenvalue weighted by molar-refractivity contribution is -0.0522. The molecule has 0 saturated carbocycles. The molecule has 0 aliphatic carbocycles. The molecule has 2 rings (SSSR count). The van der Waals surface area contributed by atoms with E-state index in [9.17, 15) is 0 Å². The fourth-order valence-corrected chi connectivity index (χ4v) is 2.95. The minimum atomic E-state index is -0.0483. The van der Waals surface area contributed by atoms with E-state index in [0.29, 0.717) is 19.3 Å². The van der Waals surface area contributed by atoms with Gasteiger partial charge in [0.1, 0.15) is 0 Å². The Morgan fingerprint density at radius 3 is 2.81 bits per heavy atom. The molecule has 0 bridgehead atoms. The molecule has 1 aliphatic heterocycles. The molecule has 16 heavy (non-hydrogen) atoms. The molecule has 2 heterocycles. The first-order valence-electron chi connectivity index (χ1n) is 5.42. The van der Waals surface area contributed by atoms with Crippen molar-refractivity contribution in [3.8, 4) is 0 Å². The monoisotopic (exact) mass is 261 g/mol. The van der Waals surface area contributed by atoms with Gasteiger partial charge in [0.25, 0.3) is 0 Å². The molecule has 1 N–H and O–H groups in total. The number of thiophene rings is 1. The van der Waals surface area contributed by atoms with Gasteiger partial charge in [-0.2, -0.15) is 0 Å². The van der Waals surface area contributed by atoms with Crippen molar-refractivity contribution in [2.75, 3.05) is 20.3 Å². The predicted molar refractivity (Wildman–Crippen MR) is 66.2 cm³/mol. The third kappa shape index (κ3) is 3.43. The van der Waals surface area contributed by atoms with Gasteiger partial charge in [-0.25, -0.2) is 0 Å². The second-order valence-corrected chi connectivity index (χ2v) is 5.60. The van der Waals surface area contributed by atoms with Crippen LogP contribution >= 0.6 is 22.9 Å². The van der Waals surface area contributed by atoms with Crippen LogP contribution in [0.3, 0.4) is 0 Å². The first-order valence-corrected chi connectivity index (χ1v) is 6.62.